The molecule has 1 N–H and O–H groups in total. The first-order valence-electron chi connectivity index (χ1n) is 7.68. The van der Waals surface area contributed by atoms with Crippen molar-refractivity contribution in [3.8, 4) is 5.75 Å². The minimum atomic E-state index is 0.0185. The monoisotopic (exact) mass is 326 g/mol. The molecule has 1 amide bonds. The third kappa shape index (κ3) is 5.48. The topological polar surface area (TPSA) is 53.0 Å². The first-order chi connectivity index (χ1) is 10.7. The van der Waals surface area contributed by atoms with Gasteiger partial charge in [-0.1, -0.05) is 11.6 Å². The van der Waals surface area contributed by atoms with Crippen LogP contribution < -0.4 is 4.74 Å². The molecule has 0 aliphatic carbocycles. The smallest absolute Gasteiger partial charge is 0.260 e. The van der Waals surface area contributed by atoms with Gasteiger partial charge in [-0.25, -0.2) is 0 Å². The number of piperazine rings is 1. The molecule has 0 atom stereocenters. The number of rotatable bonds is 7. The fourth-order valence-electron chi connectivity index (χ4n) is 2.44. The van der Waals surface area contributed by atoms with Gasteiger partial charge in [0.15, 0.2) is 6.61 Å². The lowest BCUT2D eigenvalue weighted by Gasteiger charge is -2.34. The fourth-order valence-corrected chi connectivity index (χ4v) is 2.56. The Labute approximate surface area is 136 Å². The largest absolute Gasteiger partial charge is 0.484 e. The molecule has 5 nitrogen and oxygen atoms in total. The van der Waals surface area contributed by atoms with Gasteiger partial charge < -0.3 is 14.7 Å². The Morgan fingerprint density at radius 1 is 1.14 bits per heavy atom. The van der Waals surface area contributed by atoms with Crippen molar-refractivity contribution in [2.24, 2.45) is 0 Å². The average Bonchev–Trinajstić information content (AvgIpc) is 2.55. The SMILES string of the molecule is O=C(COc1ccc(Cl)cc1)N1CCN(CCCCO)CC1. The summed E-state index contributed by atoms with van der Waals surface area (Å²) in [5, 5.41) is 9.44. The molecule has 0 radical (unpaired) electrons. The number of aliphatic hydroxyl groups is 1. The van der Waals surface area contributed by atoms with E-state index in [-0.39, 0.29) is 19.1 Å². The lowest BCUT2D eigenvalue weighted by molar-refractivity contribution is -0.135. The van der Waals surface area contributed by atoms with E-state index in [4.69, 9.17) is 21.4 Å². The standard InChI is InChI=1S/C16H23ClN2O3/c17-14-3-5-15(6-4-14)22-13-16(21)19-10-8-18(9-11-19)7-1-2-12-20/h3-6,20H,1-2,7-13H2. The summed E-state index contributed by atoms with van der Waals surface area (Å²) < 4.78 is 5.49. The Kier molecular flexibility index (Phi) is 6.96. The van der Waals surface area contributed by atoms with Crippen LogP contribution in [0.25, 0.3) is 0 Å². The number of hydrogen-bond donors (Lipinski definition) is 1. The van der Waals surface area contributed by atoms with Crippen LogP contribution in [-0.2, 0) is 4.79 Å². The fraction of sp³-hybridized carbons (Fsp3) is 0.562. The van der Waals surface area contributed by atoms with Crippen molar-refractivity contribution in [3.63, 3.8) is 0 Å². The molecule has 1 heterocycles. The second-order valence-corrected chi connectivity index (χ2v) is 5.83. The number of ether oxygens (including phenoxy) is 1. The minimum absolute atomic E-state index is 0.0185. The first kappa shape index (κ1) is 17.1. The van der Waals surface area contributed by atoms with E-state index < -0.39 is 0 Å². The molecule has 0 spiro atoms. The van der Waals surface area contributed by atoms with E-state index in [0.717, 1.165) is 45.6 Å². The molecule has 1 aliphatic heterocycles. The van der Waals surface area contributed by atoms with Gasteiger partial charge in [0, 0.05) is 37.8 Å². The Morgan fingerprint density at radius 3 is 2.45 bits per heavy atom. The van der Waals surface area contributed by atoms with Gasteiger partial charge in [-0.05, 0) is 43.7 Å². The molecule has 2 rings (SSSR count). The van der Waals surface area contributed by atoms with Crippen LogP contribution in [0.2, 0.25) is 5.02 Å². The van der Waals surface area contributed by atoms with Crippen molar-refractivity contribution >= 4 is 17.5 Å². The van der Waals surface area contributed by atoms with Crippen LogP contribution in [0.1, 0.15) is 12.8 Å². The quantitative estimate of drug-likeness (QED) is 0.774. The summed E-state index contributed by atoms with van der Waals surface area (Å²) in [7, 11) is 0. The molecule has 1 aromatic rings. The zero-order chi connectivity index (χ0) is 15.8. The highest BCUT2D eigenvalue weighted by Gasteiger charge is 2.20. The van der Waals surface area contributed by atoms with Crippen molar-refractivity contribution in [2.45, 2.75) is 12.8 Å². The van der Waals surface area contributed by atoms with Crippen molar-refractivity contribution < 1.29 is 14.6 Å². The molecule has 0 bridgehead atoms. The number of aliphatic hydroxyl groups excluding tert-OH is 1. The predicted octanol–water partition coefficient (Wildman–Crippen LogP) is 1.64. The van der Waals surface area contributed by atoms with Gasteiger partial charge in [-0.2, -0.15) is 0 Å². The van der Waals surface area contributed by atoms with Crippen LogP contribution in [0.3, 0.4) is 0 Å². The minimum Gasteiger partial charge on any atom is -0.484 e. The molecule has 1 aliphatic rings. The highest BCUT2D eigenvalue weighted by Crippen LogP contribution is 2.15. The Hall–Kier alpha value is -1.30. The van der Waals surface area contributed by atoms with Gasteiger partial charge in [0.1, 0.15) is 5.75 Å². The van der Waals surface area contributed by atoms with Crippen molar-refractivity contribution in [3.05, 3.63) is 29.3 Å². The summed E-state index contributed by atoms with van der Waals surface area (Å²) in [4.78, 5) is 16.3. The number of unbranched alkanes of at least 4 members (excludes halogenated alkanes) is 1. The van der Waals surface area contributed by atoms with Crippen LogP contribution in [-0.4, -0.2) is 66.8 Å². The molecule has 0 saturated carbocycles. The molecule has 1 fully saturated rings. The van der Waals surface area contributed by atoms with Gasteiger partial charge in [-0.15, -0.1) is 0 Å². The molecule has 122 valence electrons. The Bertz CT molecular complexity index is 459. The van der Waals surface area contributed by atoms with E-state index in [9.17, 15) is 4.79 Å². The van der Waals surface area contributed by atoms with E-state index in [1.165, 1.54) is 0 Å². The van der Waals surface area contributed by atoms with E-state index in [1.807, 2.05) is 4.90 Å². The van der Waals surface area contributed by atoms with Crippen LogP contribution in [0.4, 0.5) is 0 Å². The number of benzene rings is 1. The summed E-state index contributed by atoms with van der Waals surface area (Å²) in [5.41, 5.74) is 0. The highest BCUT2D eigenvalue weighted by molar-refractivity contribution is 6.30. The number of carbonyl (C=O) groups is 1. The maximum Gasteiger partial charge on any atom is 0.260 e. The summed E-state index contributed by atoms with van der Waals surface area (Å²) in [6.07, 6.45) is 1.85. The molecule has 1 aromatic carbocycles. The van der Waals surface area contributed by atoms with E-state index >= 15 is 0 Å². The van der Waals surface area contributed by atoms with Crippen LogP contribution in [0.5, 0.6) is 5.75 Å². The van der Waals surface area contributed by atoms with Gasteiger partial charge in [0.25, 0.3) is 5.91 Å². The van der Waals surface area contributed by atoms with Crippen molar-refractivity contribution in [1.29, 1.82) is 0 Å². The van der Waals surface area contributed by atoms with Crippen LogP contribution >= 0.6 is 11.6 Å². The second kappa shape index (κ2) is 8.98. The molecule has 22 heavy (non-hydrogen) atoms. The number of nitrogens with zero attached hydrogens (tertiary/aromatic N) is 2. The van der Waals surface area contributed by atoms with Crippen LogP contribution in [0.15, 0.2) is 24.3 Å². The van der Waals surface area contributed by atoms with Crippen LogP contribution in [0, 0.1) is 0 Å². The number of carbonyl (C=O) groups excluding carboxylic acids is 1. The number of hydrogen-bond acceptors (Lipinski definition) is 4. The molecular formula is C16H23ClN2O3. The summed E-state index contributed by atoms with van der Waals surface area (Å²) in [5.74, 6) is 0.672. The predicted molar refractivity (Wildman–Crippen MR) is 86.3 cm³/mol. The molecule has 1 saturated heterocycles. The average molecular weight is 327 g/mol. The maximum atomic E-state index is 12.1. The van der Waals surface area contributed by atoms with Crippen molar-refractivity contribution in [2.75, 3.05) is 45.9 Å². The van der Waals surface area contributed by atoms with Gasteiger partial charge in [0.2, 0.25) is 0 Å². The second-order valence-electron chi connectivity index (χ2n) is 5.40. The van der Waals surface area contributed by atoms with E-state index in [0.29, 0.717) is 10.8 Å². The lowest BCUT2D eigenvalue weighted by Crippen LogP contribution is -2.50. The normalized spacial score (nSPS) is 15.8. The number of halogens is 1. The van der Waals surface area contributed by atoms with Gasteiger partial charge in [-0.3, -0.25) is 9.69 Å². The van der Waals surface area contributed by atoms with E-state index in [2.05, 4.69) is 4.90 Å². The molecular weight excluding hydrogens is 304 g/mol. The number of amides is 1. The zero-order valence-corrected chi connectivity index (χ0v) is 13.5. The Morgan fingerprint density at radius 2 is 1.82 bits per heavy atom. The summed E-state index contributed by atoms with van der Waals surface area (Å²) in [6.45, 7) is 4.55. The van der Waals surface area contributed by atoms with Crippen molar-refractivity contribution in [1.82, 2.24) is 9.80 Å². The Balaban J connectivity index is 1.67. The highest BCUT2D eigenvalue weighted by atomic mass is 35.5. The van der Waals surface area contributed by atoms with Gasteiger partial charge in [0.05, 0.1) is 0 Å². The zero-order valence-electron chi connectivity index (χ0n) is 12.7. The lowest BCUT2D eigenvalue weighted by atomic mass is 10.2. The van der Waals surface area contributed by atoms with E-state index in [1.54, 1.807) is 24.3 Å². The third-order valence-electron chi connectivity index (χ3n) is 3.78. The molecule has 6 heteroatoms. The molecule has 0 aromatic heterocycles. The maximum absolute atomic E-state index is 12.1. The first-order valence-corrected chi connectivity index (χ1v) is 8.06. The third-order valence-corrected chi connectivity index (χ3v) is 4.04. The molecule has 0 unspecified atom stereocenters. The van der Waals surface area contributed by atoms with Gasteiger partial charge >= 0.3 is 0 Å². The summed E-state index contributed by atoms with van der Waals surface area (Å²) in [6, 6.07) is 7.00. The summed E-state index contributed by atoms with van der Waals surface area (Å²) >= 11 is 5.81.